The topological polar surface area (TPSA) is 86.7 Å². The predicted molar refractivity (Wildman–Crippen MR) is 113 cm³/mol. The summed E-state index contributed by atoms with van der Waals surface area (Å²) in [4.78, 5) is -0.653. The Balaban J connectivity index is 0.00000450. The second-order valence-electron chi connectivity index (χ2n) is 7.35. The summed E-state index contributed by atoms with van der Waals surface area (Å²) >= 11 is 0. The van der Waals surface area contributed by atoms with Crippen LogP contribution >= 0.6 is 0 Å². The molecule has 2 aromatic carbocycles. The van der Waals surface area contributed by atoms with Crippen LogP contribution in [0.5, 0.6) is 17.2 Å². The number of hydrogen-bond donors (Lipinski definition) is 1. The van der Waals surface area contributed by atoms with Crippen molar-refractivity contribution in [2.75, 3.05) is 0 Å². The number of unbranched alkanes of at least 4 members (excludes halogenated alkanes) is 8. The molecule has 0 unspecified atom stereocenters. The molecule has 0 amide bonds. The van der Waals surface area contributed by atoms with Crippen LogP contribution in [0, 0.1) is 0 Å². The van der Waals surface area contributed by atoms with Gasteiger partial charge in [0.25, 0.3) is 10.1 Å². The fraction of sp³-hybridized carbons (Fsp3) is 0.478. The molecular formula is C23H31KO5S. The maximum atomic E-state index is 12.6. The first-order valence-electron chi connectivity index (χ1n) is 10.5. The van der Waals surface area contributed by atoms with Crippen LogP contribution in [-0.2, 0) is 16.5 Å². The Morgan fingerprint density at radius 3 is 2.00 bits per heavy atom. The third-order valence-electron chi connectivity index (χ3n) is 4.95. The van der Waals surface area contributed by atoms with Crippen molar-refractivity contribution in [1.29, 1.82) is 0 Å². The van der Waals surface area contributed by atoms with Gasteiger partial charge in [-0.25, -0.2) is 0 Å². The molecule has 0 heterocycles. The molecule has 0 aliphatic rings. The van der Waals surface area contributed by atoms with Crippen molar-refractivity contribution in [3.8, 4) is 17.2 Å². The van der Waals surface area contributed by atoms with Crippen molar-refractivity contribution in [3.05, 3.63) is 48.0 Å². The molecular weight excluding hydrogens is 427 g/mol. The minimum atomic E-state index is -4.60. The van der Waals surface area contributed by atoms with Crippen LogP contribution in [0.25, 0.3) is 0 Å². The van der Waals surface area contributed by atoms with E-state index in [2.05, 4.69) is 6.92 Å². The summed E-state index contributed by atoms with van der Waals surface area (Å²) in [6.07, 6.45) is 11.3. The first kappa shape index (κ1) is 27.6. The van der Waals surface area contributed by atoms with Gasteiger partial charge < -0.3 is 9.84 Å². The zero-order chi connectivity index (χ0) is 21.1. The Morgan fingerprint density at radius 2 is 1.43 bits per heavy atom. The number of para-hydroxylation sites is 1. The Hall–Kier alpha value is -0.414. The number of ether oxygens (including phenoxy) is 1. The van der Waals surface area contributed by atoms with Gasteiger partial charge in [-0.3, -0.25) is 4.55 Å². The molecule has 30 heavy (non-hydrogen) atoms. The summed E-state index contributed by atoms with van der Waals surface area (Å²) in [5, 5.41) is 12.6. The minimum absolute atomic E-state index is 0. The standard InChI is InChI=1S/C23H32O5S.K/c1-2-3-4-5-6-7-8-9-11-14-19-17-18-21(29(25,26)27)22(24)23(19)28-20-15-12-10-13-16-20;/h10,12-13,15-18,24H,2-9,11,14H2,1H3,(H,25,26,27);/q;+1/p-1. The number of aryl methyl sites for hydroxylation is 1. The first-order valence-corrected chi connectivity index (χ1v) is 11.9. The Kier molecular flexibility index (Phi) is 13.5. The summed E-state index contributed by atoms with van der Waals surface area (Å²) in [7, 11) is -4.60. The van der Waals surface area contributed by atoms with E-state index in [0.717, 1.165) is 19.3 Å². The van der Waals surface area contributed by atoms with E-state index in [1.54, 1.807) is 30.3 Å². The van der Waals surface area contributed by atoms with Gasteiger partial charge in [0.05, 0.1) is 4.90 Å². The van der Waals surface area contributed by atoms with Gasteiger partial charge in [-0.05, 0) is 42.4 Å². The zero-order valence-electron chi connectivity index (χ0n) is 18.1. The normalized spacial score (nSPS) is 11.1. The Morgan fingerprint density at radius 1 is 0.867 bits per heavy atom. The Bertz CT molecular complexity index is 853. The van der Waals surface area contributed by atoms with E-state index in [4.69, 9.17) is 4.74 Å². The monoisotopic (exact) mass is 458 g/mol. The quantitative estimate of drug-likeness (QED) is 0.283. The summed E-state index contributed by atoms with van der Waals surface area (Å²) in [6.45, 7) is 2.21. The third-order valence-corrected chi connectivity index (χ3v) is 5.83. The van der Waals surface area contributed by atoms with E-state index in [1.807, 2.05) is 6.07 Å². The largest absolute Gasteiger partial charge is 1.00 e. The van der Waals surface area contributed by atoms with E-state index < -0.39 is 20.8 Å². The summed E-state index contributed by atoms with van der Waals surface area (Å²) < 4.78 is 38.0. The molecule has 7 heteroatoms. The van der Waals surface area contributed by atoms with E-state index in [-0.39, 0.29) is 57.1 Å². The molecule has 0 bridgehead atoms. The molecule has 0 atom stereocenters. The van der Waals surface area contributed by atoms with E-state index in [9.17, 15) is 18.1 Å². The first-order chi connectivity index (χ1) is 13.9. The second-order valence-corrected chi connectivity index (χ2v) is 8.74. The fourth-order valence-corrected chi connectivity index (χ4v) is 3.90. The second kappa shape index (κ2) is 14.6. The van der Waals surface area contributed by atoms with E-state index in [0.29, 0.717) is 17.7 Å². The molecule has 1 N–H and O–H groups in total. The molecule has 2 aromatic rings. The molecule has 0 aromatic heterocycles. The van der Waals surface area contributed by atoms with Gasteiger partial charge in [0.1, 0.15) is 11.5 Å². The summed E-state index contributed by atoms with van der Waals surface area (Å²) in [5.74, 6) is -0.374. The molecule has 0 saturated carbocycles. The minimum Gasteiger partial charge on any atom is -0.869 e. The van der Waals surface area contributed by atoms with E-state index in [1.165, 1.54) is 44.6 Å². The number of rotatable bonds is 13. The SMILES string of the molecule is CCCCCCCCCCCc1ccc(S(=O)(=O)O)c([O-])c1Oc1ccccc1.[K+]. The fourth-order valence-electron chi connectivity index (χ4n) is 3.33. The predicted octanol–water partition coefficient (Wildman–Crippen LogP) is 2.88. The van der Waals surface area contributed by atoms with Crippen LogP contribution in [0.2, 0.25) is 0 Å². The van der Waals surface area contributed by atoms with Crippen LogP contribution in [0.4, 0.5) is 0 Å². The van der Waals surface area contributed by atoms with Gasteiger partial charge in [-0.15, -0.1) is 0 Å². The van der Waals surface area contributed by atoms with Crippen LogP contribution in [-0.4, -0.2) is 13.0 Å². The van der Waals surface area contributed by atoms with Gasteiger partial charge in [-0.1, -0.05) is 82.6 Å². The Labute approximate surface area is 223 Å². The number of benzene rings is 2. The van der Waals surface area contributed by atoms with Crippen molar-refractivity contribution in [2.45, 2.75) is 76.0 Å². The van der Waals surface area contributed by atoms with Gasteiger partial charge in [0.2, 0.25) is 0 Å². The molecule has 0 aliphatic heterocycles. The molecule has 160 valence electrons. The summed E-state index contributed by atoms with van der Waals surface area (Å²) in [5.41, 5.74) is 0.661. The van der Waals surface area contributed by atoms with Crippen molar-refractivity contribution in [2.24, 2.45) is 0 Å². The molecule has 2 rings (SSSR count). The van der Waals surface area contributed by atoms with Crippen LogP contribution in [0.1, 0.15) is 70.3 Å². The van der Waals surface area contributed by atoms with Gasteiger partial charge in [-0.2, -0.15) is 8.42 Å². The summed E-state index contributed by atoms with van der Waals surface area (Å²) in [6, 6.07) is 11.5. The smallest absolute Gasteiger partial charge is 0.869 e. The molecule has 0 spiro atoms. The average Bonchev–Trinajstić information content (AvgIpc) is 2.69. The van der Waals surface area contributed by atoms with Gasteiger partial charge in [0.15, 0.2) is 0 Å². The van der Waals surface area contributed by atoms with Crippen molar-refractivity contribution in [1.82, 2.24) is 0 Å². The zero-order valence-corrected chi connectivity index (χ0v) is 22.0. The molecule has 0 radical (unpaired) electrons. The number of hydrogen-bond acceptors (Lipinski definition) is 4. The van der Waals surface area contributed by atoms with Crippen molar-refractivity contribution in [3.63, 3.8) is 0 Å². The van der Waals surface area contributed by atoms with Crippen molar-refractivity contribution >= 4 is 10.1 Å². The van der Waals surface area contributed by atoms with Gasteiger partial charge >= 0.3 is 51.4 Å². The maximum absolute atomic E-state index is 12.6. The van der Waals surface area contributed by atoms with Gasteiger partial charge in [0, 0.05) is 0 Å². The van der Waals surface area contributed by atoms with Crippen LogP contribution in [0.15, 0.2) is 47.4 Å². The molecule has 5 nitrogen and oxygen atoms in total. The molecule has 0 aliphatic carbocycles. The maximum Gasteiger partial charge on any atom is 1.00 e. The average molecular weight is 459 g/mol. The van der Waals surface area contributed by atoms with E-state index >= 15 is 0 Å². The molecule has 0 fully saturated rings. The third kappa shape index (κ3) is 9.38. The van der Waals surface area contributed by atoms with Crippen molar-refractivity contribution < 1.29 is 74.2 Å². The van der Waals surface area contributed by atoms with Crippen LogP contribution < -0.4 is 61.2 Å². The van der Waals surface area contributed by atoms with Crippen LogP contribution in [0.3, 0.4) is 0 Å². The molecule has 0 saturated heterocycles.